The third kappa shape index (κ3) is 6.20. The van der Waals surface area contributed by atoms with Crippen LogP contribution in [0.15, 0.2) is 58.3 Å². The van der Waals surface area contributed by atoms with Crippen molar-refractivity contribution < 1.29 is 26.4 Å². The van der Waals surface area contributed by atoms with Gasteiger partial charge in [-0.1, -0.05) is 11.6 Å². The molecule has 0 spiro atoms. The smallest absolute Gasteiger partial charge is 0.243 e. The lowest BCUT2D eigenvalue weighted by Crippen LogP contribution is -2.45. The maximum atomic E-state index is 12.9. The molecule has 0 aliphatic carbocycles. The van der Waals surface area contributed by atoms with Crippen LogP contribution >= 0.6 is 11.6 Å². The molecule has 0 radical (unpaired) electrons. The van der Waals surface area contributed by atoms with Gasteiger partial charge in [0.15, 0.2) is 0 Å². The van der Waals surface area contributed by atoms with Gasteiger partial charge in [0.05, 0.1) is 22.3 Å². The molecule has 2 aliphatic rings. The summed E-state index contributed by atoms with van der Waals surface area (Å²) in [5, 5.41) is 3.26. The van der Waals surface area contributed by atoms with E-state index in [1.807, 2.05) is 0 Å². The number of amides is 1. The molecular formula is C24H30ClN3O6S2. The SMILES string of the molecule is O=C(NCCOc1ccc(S(=O)(=O)N2CCCC2)cc1)[C@@H]1CCCN(S(=O)(=O)c2ccc(Cl)cc2)C1. The molecule has 0 unspecified atom stereocenters. The topological polar surface area (TPSA) is 113 Å². The Labute approximate surface area is 217 Å². The van der Waals surface area contributed by atoms with Gasteiger partial charge in [-0.3, -0.25) is 4.79 Å². The van der Waals surface area contributed by atoms with E-state index < -0.39 is 26.0 Å². The zero-order chi connectivity index (χ0) is 25.8. The molecular weight excluding hydrogens is 526 g/mol. The molecule has 2 aliphatic heterocycles. The molecule has 36 heavy (non-hydrogen) atoms. The molecule has 1 N–H and O–H groups in total. The molecule has 9 nitrogen and oxygen atoms in total. The summed E-state index contributed by atoms with van der Waals surface area (Å²) in [6, 6.07) is 12.3. The number of carbonyl (C=O) groups excluding carboxylic acids is 1. The first kappa shape index (κ1) is 26.9. The van der Waals surface area contributed by atoms with Crippen molar-refractivity contribution in [2.24, 2.45) is 5.92 Å². The predicted octanol–water partition coefficient (Wildman–Crippen LogP) is 2.72. The molecule has 2 saturated heterocycles. The highest BCUT2D eigenvalue weighted by Gasteiger charge is 2.33. The summed E-state index contributed by atoms with van der Waals surface area (Å²) in [7, 11) is -7.17. The van der Waals surface area contributed by atoms with Crippen molar-refractivity contribution in [3.63, 3.8) is 0 Å². The van der Waals surface area contributed by atoms with Gasteiger partial charge < -0.3 is 10.1 Å². The fraction of sp³-hybridized carbons (Fsp3) is 0.458. The number of nitrogens with zero attached hydrogens (tertiary/aromatic N) is 2. The van der Waals surface area contributed by atoms with E-state index in [2.05, 4.69) is 5.32 Å². The van der Waals surface area contributed by atoms with E-state index >= 15 is 0 Å². The van der Waals surface area contributed by atoms with Crippen molar-refractivity contribution in [2.45, 2.75) is 35.5 Å². The first-order chi connectivity index (χ1) is 17.2. The van der Waals surface area contributed by atoms with Gasteiger partial charge in [-0.15, -0.1) is 0 Å². The maximum Gasteiger partial charge on any atom is 0.243 e. The normalized spacial score (nSPS) is 19.8. The van der Waals surface area contributed by atoms with Gasteiger partial charge >= 0.3 is 0 Å². The molecule has 4 rings (SSSR count). The van der Waals surface area contributed by atoms with Crippen LogP contribution in [0, 0.1) is 5.92 Å². The number of nitrogens with one attached hydrogen (secondary N) is 1. The lowest BCUT2D eigenvalue weighted by atomic mass is 9.99. The second-order valence-electron chi connectivity index (χ2n) is 8.88. The van der Waals surface area contributed by atoms with Gasteiger partial charge in [0.1, 0.15) is 12.4 Å². The van der Waals surface area contributed by atoms with Gasteiger partial charge in [-0.2, -0.15) is 8.61 Å². The van der Waals surface area contributed by atoms with Crippen molar-refractivity contribution in [2.75, 3.05) is 39.3 Å². The summed E-state index contributed by atoms with van der Waals surface area (Å²) in [6.45, 7) is 2.01. The summed E-state index contributed by atoms with van der Waals surface area (Å²) < 4.78 is 59.6. The van der Waals surface area contributed by atoms with Crippen LogP contribution in [0.4, 0.5) is 0 Å². The van der Waals surface area contributed by atoms with Crippen LogP contribution in [0.25, 0.3) is 0 Å². The Hall–Kier alpha value is -2.18. The number of sulfonamides is 2. The Morgan fingerprint density at radius 3 is 2.06 bits per heavy atom. The number of carbonyl (C=O) groups is 1. The minimum atomic E-state index is -3.70. The average molecular weight is 556 g/mol. The van der Waals surface area contributed by atoms with Crippen LogP contribution in [0.5, 0.6) is 5.75 Å². The van der Waals surface area contributed by atoms with Crippen LogP contribution in [-0.2, 0) is 24.8 Å². The minimum Gasteiger partial charge on any atom is -0.492 e. The predicted molar refractivity (Wildman–Crippen MR) is 136 cm³/mol. The van der Waals surface area contributed by atoms with Crippen LogP contribution < -0.4 is 10.1 Å². The molecule has 2 fully saturated rings. The summed E-state index contributed by atoms with van der Waals surface area (Å²) in [5.41, 5.74) is 0. The fourth-order valence-corrected chi connectivity index (χ4v) is 7.57. The second-order valence-corrected chi connectivity index (χ2v) is 13.2. The number of ether oxygens (including phenoxy) is 1. The Bertz CT molecular complexity index is 1260. The largest absolute Gasteiger partial charge is 0.492 e. The van der Waals surface area contributed by atoms with Crippen LogP contribution in [0.3, 0.4) is 0 Å². The third-order valence-electron chi connectivity index (χ3n) is 6.40. The van der Waals surface area contributed by atoms with Gasteiger partial charge in [-0.25, -0.2) is 16.8 Å². The highest BCUT2D eigenvalue weighted by atomic mass is 35.5. The Morgan fingerprint density at radius 2 is 1.42 bits per heavy atom. The van der Waals surface area contributed by atoms with Crippen LogP contribution in [-0.4, -0.2) is 70.7 Å². The van der Waals surface area contributed by atoms with Gasteiger partial charge in [0, 0.05) is 31.2 Å². The second kappa shape index (κ2) is 11.5. The van der Waals surface area contributed by atoms with Crippen LogP contribution in [0.1, 0.15) is 25.7 Å². The number of piperidine rings is 1. The van der Waals surface area contributed by atoms with Crippen molar-refractivity contribution >= 4 is 37.6 Å². The molecule has 0 bridgehead atoms. The van der Waals surface area contributed by atoms with E-state index in [1.54, 1.807) is 12.1 Å². The highest BCUT2D eigenvalue weighted by molar-refractivity contribution is 7.89. The Balaban J connectivity index is 1.24. The average Bonchev–Trinajstić information content (AvgIpc) is 3.43. The molecule has 1 amide bonds. The lowest BCUT2D eigenvalue weighted by molar-refractivity contribution is -0.126. The zero-order valence-corrected chi connectivity index (χ0v) is 22.2. The van der Waals surface area contributed by atoms with Crippen molar-refractivity contribution in [3.05, 3.63) is 53.6 Å². The maximum absolute atomic E-state index is 12.9. The van der Waals surface area contributed by atoms with E-state index in [-0.39, 0.29) is 35.4 Å². The summed E-state index contributed by atoms with van der Waals surface area (Å²) in [6.07, 6.45) is 2.95. The first-order valence-corrected chi connectivity index (χ1v) is 15.2. The number of hydrogen-bond acceptors (Lipinski definition) is 6. The van der Waals surface area contributed by atoms with Crippen molar-refractivity contribution in [1.82, 2.24) is 13.9 Å². The summed E-state index contributed by atoms with van der Waals surface area (Å²) >= 11 is 5.86. The van der Waals surface area contributed by atoms with E-state index in [9.17, 15) is 21.6 Å². The number of rotatable bonds is 9. The molecule has 1 atom stereocenters. The number of halogens is 1. The Morgan fingerprint density at radius 1 is 0.861 bits per heavy atom. The van der Waals surface area contributed by atoms with E-state index in [0.29, 0.717) is 43.2 Å². The Kier molecular flexibility index (Phi) is 8.56. The van der Waals surface area contributed by atoms with Gasteiger partial charge in [0.2, 0.25) is 26.0 Å². The fourth-order valence-electron chi connectivity index (χ4n) is 4.40. The molecule has 196 valence electrons. The van der Waals surface area contributed by atoms with E-state index in [1.165, 1.54) is 45.0 Å². The van der Waals surface area contributed by atoms with E-state index in [4.69, 9.17) is 16.3 Å². The standard InChI is InChI=1S/C24H30ClN3O6S2/c25-20-5-9-22(10-6-20)36(32,33)28-16-3-4-19(18-28)24(29)26-13-17-34-21-7-11-23(12-8-21)35(30,31)27-14-1-2-15-27/h5-12,19H,1-4,13-18H2,(H,26,29)/t19-/m1/s1. The molecule has 2 heterocycles. The number of benzene rings is 2. The molecule has 12 heteroatoms. The van der Waals surface area contributed by atoms with Crippen molar-refractivity contribution in [3.8, 4) is 5.75 Å². The lowest BCUT2D eigenvalue weighted by Gasteiger charge is -2.31. The van der Waals surface area contributed by atoms with Gasteiger partial charge in [0.25, 0.3) is 0 Å². The molecule has 2 aromatic rings. The number of hydrogen-bond donors (Lipinski definition) is 1. The first-order valence-electron chi connectivity index (χ1n) is 11.9. The minimum absolute atomic E-state index is 0.116. The third-order valence-corrected chi connectivity index (χ3v) is 10.4. The zero-order valence-electron chi connectivity index (χ0n) is 19.8. The van der Waals surface area contributed by atoms with Crippen molar-refractivity contribution in [1.29, 1.82) is 0 Å². The molecule has 2 aromatic carbocycles. The monoisotopic (exact) mass is 555 g/mol. The molecule has 0 saturated carbocycles. The highest BCUT2D eigenvalue weighted by Crippen LogP contribution is 2.25. The summed E-state index contributed by atoms with van der Waals surface area (Å²) in [4.78, 5) is 13.1. The van der Waals surface area contributed by atoms with Crippen LogP contribution in [0.2, 0.25) is 5.02 Å². The van der Waals surface area contributed by atoms with Gasteiger partial charge in [-0.05, 0) is 74.2 Å². The quantitative estimate of drug-likeness (QED) is 0.476. The molecule has 0 aromatic heterocycles. The summed E-state index contributed by atoms with van der Waals surface area (Å²) in [5.74, 6) is -0.167. The van der Waals surface area contributed by atoms with E-state index in [0.717, 1.165) is 12.8 Å².